The van der Waals surface area contributed by atoms with E-state index in [1.54, 1.807) is 13.4 Å². The number of rotatable bonds is 3. The minimum atomic E-state index is 0.601. The van der Waals surface area contributed by atoms with Crippen LogP contribution in [0.2, 0.25) is 0 Å². The molecule has 2 aromatic rings. The zero-order valence-corrected chi connectivity index (χ0v) is 11.6. The number of ether oxygens (including phenoxy) is 2. The summed E-state index contributed by atoms with van der Waals surface area (Å²) in [5.41, 5.74) is 3.21. The summed E-state index contributed by atoms with van der Waals surface area (Å²) >= 11 is 0. The SMILES string of the molecule is COc1cc(C)ccc1Oc1ncnc2c1CNCC2. The highest BCUT2D eigenvalue weighted by Crippen LogP contribution is 2.33. The molecule has 0 radical (unpaired) electrons. The minimum Gasteiger partial charge on any atom is -0.493 e. The van der Waals surface area contributed by atoms with Crippen molar-refractivity contribution in [1.82, 2.24) is 15.3 Å². The molecule has 0 unspecified atom stereocenters. The van der Waals surface area contributed by atoms with Gasteiger partial charge in [-0.15, -0.1) is 0 Å². The second kappa shape index (κ2) is 5.46. The first-order valence-corrected chi connectivity index (χ1v) is 6.64. The molecule has 0 atom stereocenters. The van der Waals surface area contributed by atoms with Gasteiger partial charge in [0.1, 0.15) is 6.33 Å². The van der Waals surface area contributed by atoms with Crippen LogP contribution in [0.3, 0.4) is 0 Å². The maximum Gasteiger partial charge on any atom is 0.227 e. The average molecular weight is 271 g/mol. The number of aryl methyl sites for hydroxylation is 1. The van der Waals surface area contributed by atoms with E-state index >= 15 is 0 Å². The van der Waals surface area contributed by atoms with Crippen molar-refractivity contribution in [2.45, 2.75) is 19.9 Å². The van der Waals surface area contributed by atoms with Crippen LogP contribution in [0.4, 0.5) is 0 Å². The predicted octanol–water partition coefficient (Wildman–Crippen LogP) is 2.23. The molecule has 2 heterocycles. The first-order valence-electron chi connectivity index (χ1n) is 6.64. The van der Waals surface area contributed by atoms with E-state index in [9.17, 15) is 0 Å². The number of aromatic nitrogens is 2. The molecule has 5 nitrogen and oxygen atoms in total. The third-order valence-corrected chi connectivity index (χ3v) is 3.36. The molecule has 0 aliphatic carbocycles. The molecule has 5 heteroatoms. The number of nitrogens with zero attached hydrogens (tertiary/aromatic N) is 2. The summed E-state index contributed by atoms with van der Waals surface area (Å²) in [6.45, 7) is 3.69. The van der Waals surface area contributed by atoms with Crippen LogP contribution in [-0.2, 0) is 13.0 Å². The Morgan fingerprint density at radius 2 is 2.10 bits per heavy atom. The highest BCUT2D eigenvalue weighted by molar-refractivity contribution is 5.45. The Bertz CT molecular complexity index is 629. The van der Waals surface area contributed by atoms with Crippen LogP contribution in [0.15, 0.2) is 24.5 Å². The van der Waals surface area contributed by atoms with Gasteiger partial charge in [-0.25, -0.2) is 9.97 Å². The number of hydrogen-bond donors (Lipinski definition) is 1. The second-order valence-corrected chi connectivity index (χ2v) is 4.79. The van der Waals surface area contributed by atoms with Gasteiger partial charge in [0.05, 0.1) is 18.4 Å². The normalized spacial score (nSPS) is 13.7. The van der Waals surface area contributed by atoms with E-state index in [2.05, 4.69) is 15.3 Å². The van der Waals surface area contributed by atoms with Crippen molar-refractivity contribution in [1.29, 1.82) is 0 Å². The highest BCUT2D eigenvalue weighted by Gasteiger charge is 2.17. The summed E-state index contributed by atoms with van der Waals surface area (Å²) < 4.78 is 11.3. The molecule has 0 amide bonds. The van der Waals surface area contributed by atoms with E-state index in [4.69, 9.17) is 9.47 Å². The fourth-order valence-corrected chi connectivity index (χ4v) is 2.29. The first kappa shape index (κ1) is 12.9. The predicted molar refractivity (Wildman–Crippen MR) is 75.2 cm³/mol. The van der Waals surface area contributed by atoms with Gasteiger partial charge in [0.15, 0.2) is 11.5 Å². The topological polar surface area (TPSA) is 56.3 Å². The molecule has 0 spiro atoms. The molecule has 0 bridgehead atoms. The van der Waals surface area contributed by atoms with Gasteiger partial charge in [0.2, 0.25) is 5.88 Å². The van der Waals surface area contributed by atoms with E-state index in [-0.39, 0.29) is 0 Å². The molecule has 0 saturated carbocycles. The van der Waals surface area contributed by atoms with Gasteiger partial charge >= 0.3 is 0 Å². The molecule has 1 aliphatic rings. The number of nitrogens with one attached hydrogen (secondary N) is 1. The molecule has 1 aliphatic heterocycles. The van der Waals surface area contributed by atoms with Gasteiger partial charge < -0.3 is 14.8 Å². The number of fused-ring (bicyclic) bond motifs is 1. The van der Waals surface area contributed by atoms with Crippen LogP contribution in [0, 0.1) is 6.92 Å². The van der Waals surface area contributed by atoms with Gasteiger partial charge in [-0.1, -0.05) is 6.07 Å². The lowest BCUT2D eigenvalue weighted by molar-refractivity contribution is 0.370. The van der Waals surface area contributed by atoms with Gasteiger partial charge in [0, 0.05) is 19.5 Å². The second-order valence-electron chi connectivity index (χ2n) is 4.79. The average Bonchev–Trinajstić information content (AvgIpc) is 2.49. The zero-order valence-electron chi connectivity index (χ0n) is 11.6. The Morgan fingerprint density at radius 3 is 2.95 bits per heavy atom. The van der Waals surface area contributed by atoms with Crippen molar-refractivity contribution in [2.24, 2.45) is 0 Å². The van der Waals surface area contributed by atoms with Gasteiger partial charge in [0.25, 0.3) is 0 Å². The fraction of sp³-hybridized carbons (Fsp3) is 0.333. The first-order chi connectivity index (χ1) is 9.78. The van der Waals surface area contributed by atoms with Gasteiger partial charge in [-0.3, -0.25) is 0 Å². The van der Waals surface area contributed by atoms with Crippen LogP contribution in [0.5, 0.6) is 17.4 Å². The summed E-state index contributed by atoms with van der Waals surface area (Å²) in [5, 5.41) is 3.31. The standard InChI is InChI=1S/C15H17N3O2/c1-10-3-4-13(14(7-10)19-2)20-15-11-8-16-6-5-12(11)17-9-18-15/h3-4,7,9,16H,5-6,8H2,1-2H3. The number of hydrogen-bond acceptors (Lipinski definition) is 5. The molecule has 0 saturated heterocycles. The molecular weight excluding hydrogens is 254 g/mol. The third-order valence-electron chi connectivity index (χ3n) is 3.36. The Hall–Kier alpha value is -2.14. The Labute approximate surface area is 118 Å². The van der Waals surface area contributed by atoms with E-state index in [0.29, 0.717) is 17.4 Å². The molecule has 1 aromatic heterocycles. The van der Waals surface area contributed by atoms with Crippen LogP contribution in [0.1, 0.15) is 16.8 Å². The molecule has 1 N–H and O–H groups in total. The summed E-state index contributed by atoms with van der Waals surface area (Å²) in [6, 6.07) is 5.84. The maximum absolute atomic E-state index is 5.94. The van der Waals surface area contributed by atoms with Crippen molar-refractivity contribution in [3.05, 3.63) is 41.3 Å². The monoisotopic (exact) mass is 271 g/mol. The van der Waals surface area contributed by atoms with Crippen molar-refractivity contribution >= 4 is 0 Å². The minimum absolute atomic E-state index is 0.601. The van der Waals surface area contributed by atoms with Gasteiger partial charge in [-0.05, 0) is 24.6 Å². The van der Waals surface area contributed by atoms with Crippen molar-refractivity contribution < 1.29 is 9.47 Å². The molecule has 0 fully saturated rings. The van der Waals surface area contributed by atoms with Crippen LogP contribution in [-0.4, -0.2) is 23.6 Å². The van der Waals surface area contributed by atoms with Crippen LogP contribution >= 0.6 is 0 Å². The third kappa shape index (κ3) is 2.44. The van der Waals surface area contributed by atoms with Crippen molar-refractivity contribution in [3.63, 3.8) is 0 Å². The molecule has 3 rings (SSSR count). The van der Waals surface area contributed by atoms with Crippen LogP contribution < -0.4 is 14.8 Å². The Kier molecular flexibility index (Phi) is 3.52. The zero-order chi connectivity index (χ0) is 13.9. The lowest BCUT2D eigenvalue weighted by atomic mass is 10.1. The Balaban J connectivity index is 1.95. The lowest BCUT2D eigenvalue weighted by Gasteiger charge is -2.19. The quantitative estimate of drug-likeness (QED) is 0.927. The van der Waals surface area contributed by atoms with Crippen molar-refractivity contribution in [2.75, 3.05) is 13.7 Å². The lowest BCUT2D eigenvalue weighted by Crippen LogP contribution is -2.25. The molecule has 20 heavy (non-hydrogen) atoms. The molecule has 1 aromatic carbocycles. The fourth-order valence-electron chi connectivity index (χ4n) is 2.29. The van der Waals surface area contributed by atoms with Gasteiger partial charge in [-0.2, -0.15) is 0 Å². The number of benzene rings is 1. The summed E-state index contributed by atoms with van der Waals surface area (Å²) in [4.78, 5) is 8.57. The van der Waals surface area contributed by atoms with Crippen molar-refractivity contribution in [3.8, 4) is 17.4 Å². The smallest absolute Gasteiger partial charge is 0.227 e. The van der Waals surface area contributed by atoms with E-state index in [1.807, 2.05) is 25.1 Å². The maximum atomic E-state index is 5.94. The largest absolute Gasteiger partial charge is 0.493 e. The summed E-state index contributed by atoms with van der Waals surface area (Å²) in [7, 11) is 1.64. The van der Waals surface area contributed by atoms with Crippen LogP contribution in [0.25, 0.3) is 0 Å². The van der Waals surface area contributed by atoms with E-state index in [1.165, 1.54) is 0 Å². The summed E-state index contributed by atoms with van der Waals surface area (Å²) in [5.74, 6) is 1.98. The van der Waals surface area contributed by atoms with E-state index < -0.39 is 0 Å². The number of methoxy groups -OCH3 is 1. The highest BCUT2D eigenvalue weighted by atomic mass is 16.5. The molecule has 104 valence electrons. The Morgan fingerprint density at radius 1 is 1.20 bits per heavy atom. The van der Waals surface area contributed by atoms with E-state index in [0.717, 1.165) is 36.3 Å². The summed E-state index contributed by atoms with van der Waals surface area (Å²) in [6.07, 6.45) is 2.46. The molecular formula is C15H17N3O2.